The van der Waals surface area contributed by atoms with Crippen molar-refractivity contribution in [3.05, 3.63) is 90.5 Å². The van der Waals surface area contributed by atoms with Crippen LogP contribution in [0.2, 0.25) is 0 Å². The molecule has 0 bridgehead atoms. The molecule has 1 atom stereocenters. The molecule has 0 aliphatic carbocycles. The molecular weight excluding hydrogens is 587 g/mol. The summed E-state index contributed by atoms with van der Waals surface area (Å²) in [5.41, 5.74) is 12.2. The number of para-hydroxylation sites is 2. The second-order valence-corrected chi connectivity index (χ2v) is 11.1. The minimum atomic E-state index is -4.14. The highest BCUT2D eigenvalue weighted by atomic mass is 31.2. The maximum atomic E-state index is 14.5. The zero-order valence-corrected chi connectivity index (χ0v) is 25.1. The highest BCUT2D eigenvalue weighted by molar-refractivity contribution is 7.55. The van der Waals surface area contributed by atoms with Crippen LogP contribution in [0.5, 0.6) is 11.5 Å². The molecule has 13 heteroatoms. The second-order valence-electron chi connectivity index (χ2n) is 9.03. The molecule has 0 fully saturated rings. The number of nitrogens with two attached hydrogens (primary N) is 2. The van der Waals surface area contributed by atoms with E-state index in [1.54, 1.807) is 84.9 Å². The molecule has 0 saturated heterocycles. The fraction of sp³-hybridized carbons (Fsp3) is 0.290. The molecule has 0 spiro atoms. The summed E-state index contributed by atoms with van der Waals surface area (Å²) in [6, 6.07) is 24.0. The molecule has 234 valence electrons. The first kappa shape index (κ1) is 34.0. The molecule has 0 heterocycles. The number of hydrogen-bond donors (Lipinski definition) is 3. The lowest BCUT2D eigenvalue weighted by atomic mass is 10.1. The largest absolute Gasteiger partial charge is 0.453 e. The lowest BCUT2D eigenvalue weighted by Gasteiger charge is -2.28. The molecule has 3 rings (SSSR count). The van der Waals surface area contributed by atoms with E-state index in [0.29, 0.717) is 49.2 Å². The Labute approximate surface area is 257 Å². The quantitative estimate of drug-likeness (QED) is 0.0578. The molecular formula is C31H37N4O8P. The number of alkyl carbamates (subject to hydrolysis) is 1. The Balaban J connectivity index is 1.68. The monoisotopic (exact) mass is 624 g/mol. The normalized spacial score (nSPS) is 11.5. The van der Waals surface area contributed by atoms with Gasteiger partial charge in [-0.1, -0.05) is 54.5 Å². The summed E-state index contributed by atoms with van der Waals surface area (Å²) in [4.78, 5) is 16.9. The molecule has 0 aromatic heterocycles. The van der Waals surface area contributed by atoms with E-state index in [4.69, 9.17) is 45.9 Å². The van der Waals surface area contributed by atoms with Gasteiger partial charge < -0.3 is 44.8 Å². The first-order chi connectivity index (χ1) is 21.4. The zero-order valence-electron chi connectivity index (χ0n) is 24.2. The van der Waals surface area contributed by atoms with Crippen molar-refractivity contribution in [3.63, 3.8) is 0 Å². The summed E-state index contributed by atoms with van der Waals surface area (Å²) in [6.07, 6.45) is 4.34. The SMILES string of the molecule is C#CCOCCOCCOCCOC(=O)NC(Cc1ccc(N=C(N)N)cc1)P(=O)(Oc1ccccc1)Oc1ccccc1. The number of rotatable bonds is 19. The number of benzene rings is 3. The van der Waals surface area contributed by atoms with E-state index >= 15 is 0 Å². The van der Waals surface area contributed by atoms with E-state index < -0.39 is 19.5 Å². The first-order valence-corrected chi connectivity index (χ1v) is 15.4. The van der Waals surface area contributed by atoms with Crippen LogP contribution in [0.15, 0.2) is 89.9 Å². The van der Waals surface area contributed by atoms with Crippen molar-refractivity contribution in [2.45, 2.75) is 12.2 Å². The Hall–Kier alpha value is -4.53. The van der Waals surface area contributed by atoms with Crippen LogP contribution in [0.3, 0.4) is 0 Å². The minimum Gasteiger partial charge on any atom is -0.447 e. The maximum Gasteiger partial charge on any atom is 0.453 e. The van der Waals surface area contributed by atoms with Gasteiger partial charge in [0, 0.05) is 6.42 Å². The highest BCUT2D eigenvalue weighted by Gasteiger charge is 2.41. The predicted octanol–water partition coefficient (Wildman–Crippen LogP) is 4.22. The van der Waals surface area contributed by atoms with E-state index in [1.807, 2.05) is 0 Å². The number of nitrogens with one attached hydrogen (secondary N) is 1. The van der Waals surface area contributed by atoms with Crippen molar-refractivity contribution in [1.29, 1.82) is 0 Å². The van der Waals surface area contributed by atoms with Crippen LogP contribution in [0.4, 0.5) is 10.5 Å². The van der Waals surface area contributed by atoms with E-state index in [1.165, 1.54) is 0 Å². The van der Waals surface area contributed by atoms with Gasteiger partial charge in [-0.05, 0) is 42.0 Å². The molecule has 12 nitrogen and oxygen atoms in total. The number of ether oxygens (including phenoxy) is 4. The summed E-state index contributed by atoms with van der Waals surface area (Å²) < 4.78 is 47.7. The molecule has 0 radical (unpaired) electrons. The lowest BCUT2D eigenvalue weighted by molar-refractivity contribution is 0.00977. The van der Waals surface area contributed by atoms with Crippen molar-refractivity contribution in [2.75, 3.05) is 46.2 Å². The fourth-order valence-corrected chi connectivity index (χ4v) is 5.49. The Kier molecular flexibility index (Phi) is 14.6. The summed E-state index contributed by atoms with van der Waals surface area (Å²) in [6.45, 7) is 1.72. The van der Waals surface area contributed by atoms with Gasteiger partial charge in [-0.2, -0.15) is 0 Å². The number of hydrogen-bond acceptors (Lipinski definition) is 9. The maximum absolute atomic E-state index is 14.5. The van der Waals surface area contributed by atoms with Gasteiger partial charge in [-0.3, -0.25) is 0 Å². The van der Waals surface area contributed by atoms with Crippen LogP contribution in [0, 0.1) is 12.3 Å². The van der Waals surface area contributed by atoms with Gasteiger partial charge in [0.1, 0.15) is 24.7 Å². The zero-order chi connectivity index (χ0) is 31.5. The number of guanidine groups is 1. The van der Waals surface area contributed by atoms with Crippen molar-refractivity contribution < 1.29 is 37.4 Å². The average molecular weight is 625 g/mol. The van der Waals surface area contributed by atoms with Crippen molar-refractivity contribution in [1.82, 2.24) is 5.32 Å². The summed E-state index contributed by atoms with van der Waals surface area (Å²) in [5, 5.41) is 2.68. The van der Waals surface area contributed by atoms with Crippen LogP contribution >= 0.6 is 7.60 Å². The van der Waals surface area contributed by atoms with Gasteiger partial charge in [0.15, 0.2) is 11.7 Å². The van der Waals surface area contributed by atoms with Crippen LogP contribution in [0.25, 0.3) is 0 Å². The minimum absolute atomic E-state index is 0.0551. The molecule has 0 aliphatic heterocycles. The van der Waals surface area contributed by atoms with Crippen molar-refractivity contribution in [3.8, 4) is 23.8 Å². The standard InChI is InChI=1S/C31H37N4O8P/c1-2-17-38-18-19-39-20-21-40-22-23-41-31(36)35-29(24-25-13-15-26(16-14-25)34-30(32)33)44(37,42-27-9-5-3-6-10-27)43-28-11-7-4-8-12-28/h1,3-16,29H,17-24H2,(H,35,36)(H4,32,33,34). The molecule has 3 aromatic carbocycles. The van der Waals surface area contributed by atoms with E-state index in [-0.39, 0.29) is 32.2 Å². The smallest absolute Gasteiger partial charge is 0.447 e. The number of terminal acetylenes is 1. The number of amides is 1. The topological polar surface area (TPSA) is 166 Å². The Bertz CT molecular complexity index is 1340. The first-order valence-electron chi connectivity index (χ1n) is 13.8. The van der Waals surface area contributed by atoms with Crippen LogP contribution in [0.1, 0.15) is 5.56 Å². The van der Waals surface area contributed by atoms with Gasteiger partial charge in [0.2, 0.25) is 0 Å². The van der Waals surface area contributed by atoms with Crippen LogP contribution in [-0.2, 0) is 29.9 Å². The average Bonchev–Trinajstić information content (AvgIpc) is 3.01. The Morgan fingerprint density at radius 1 is 0.795 bits per heavy atom. The van der Waals surface area contributed by atoms with E-state index in [0.717, 1.165) is 0 Å². The molecule has 5 N–H and O–H groups in total. The molecule has 0 aliphatic rings. The van der Waals surface area contributed by atoms with Gasteiger partial charge >= 0.3 is 13.7 Å². The second kappa shape index (κ2) is 18.9. The van der Waals surface area contributed by atoms with E-state index in [9.17, 15) is 9.36 Å². The predicted molar refractivity (Wildman–Crippen MR) is 167 cm³/mol. The molecule has 3 aromatic rings. The molecule has 0 saturated carbocycles. The van der Waals surface area contributed by atoms with Gasteiger partial charge in [0.25, 0.3) is 0 Å². The highest BCUT2D eigenvalue weighted by Crippen LogP contribution is 2.53. The van der Waals surface area contributed by atoms with Gasteiger partial charge in [-0.15, -0.1) is 6.42 Å². The van der Waals surface area contributed by atoms with E-state index in [2.05, 4.69) is 16.2 Å². The number of carbonyl (C=O) groups is 1. The van der Waals surface area contributed by atoms with Crippen LogP contribution in [-0.4, -0.2) is 64.1 Å². The summed E-state index contributed by atoms with van der Waals surface area (Å²) in [7, 11) is -4.14. The Morgan fingerprint density at radius 2 is 1.32 bits per heavy atom. The third-order valence-electron chi connectivity index (χ3n) is 5.63. The third-order valence-corrected chi connectivity index (χ3v) is 7.64. The van der Waals surface area contributed by atoms with Crippen LogP contribution < -0.4 is 25.8 Å². The Morgan fingerprint density at radius 3 is 1.84 bits per heavy atom. The van der Waals surface area contributed by atoms with Crippen molar-refractivity contribution >= 4 is 25.3 Å². The number of nitrogens with zero attached hydrogens (tertiary/aromatic N) is 1. The molecule has 1 unspecified atom stereocenters. The summed E-state index contributed by atoms with van der Waals surface area (Å²) in [5.74, 6) is 1.73. The number of carbonyl (C=O) groups excluding carboxylic acids is 1. The number of aliphatic imine (C=N–C) groups is 1. The van der Waals surface area contributed by atoms with Gasteiger partial charge in [-0.25, -0.2) is 14.4 Å². The lowest BCUT2D eigenvalue weighted by Crippen LogP contribution is -2.39. The van der Waals surface area contributed by atoms with Gasteiger partial charge in [0.05, 0.1) is 38.7 Å². The van der Waals surface area contributed by atoms with Crippen molar-refractivity contribution in [2.24, 2.45) is 16.5 Å². The third kappa shape index (κ3) is 12.8. The molecule has 44 heavy (non-hydrogen) atoms. The fourth-order valence-electron chi connectivity index (χ4n) is 3.67. The summed E-state index contributed by atoms with van der Waals surface area (Å²) >= 11 is 0. The molecule has 1 amide bonds.